The molecule has 2 aliphatic rings. The van der Waals surface area contributed by atoms with Gasteiger partial charge in [-0.2, -0.15) is 5.10 Å². The normalized spacial score (nSPS) is 20.2. The Labute approximate surface area is 171 Å². The molecule has 30 heavy (non-hydrogen) atoms. The van der Waals surface area contributed by atoms with Crippen LogP contribution in [-0.2, 0) is 14.4 Å². The van der Waals surface area contributed by atoms with Crippen LogP contribution in [0.1, 0.15) is 23.3 Å². The van der Waals surface area contributed by atoms with Crippen LogP contribution in [0.15, 0.2) is 48.7 Å². The van der Waals surface area contributed by atoms with E-state index in [2.05, 4.69) is 16.0 Å². The maximum absolute atomic E-state index is 12.4. The lowest BCUT2D eigenvalue weighted by molar-refractivity contribution is -0.143. The minimum atomic E-state index is -0.840. The number of hydrazine groups is 1. The van der Waals surface area contributed by atoms with Crippen LogP contribution in [0, 0.1) is 11.8 Å². The van der Waals surface area contributed by atoms with Gasteiger partial charge in [-0.15, -0.1) is 0 Å². The molecule has 4 rings (SSSR count). The molecule has 1 saturated heterocycles. The van der Waals surface area contributed by atoms with Crippen LogP contribution in [0.3, 0.4) is 0 Å². The molecular weight excluding hydrogens is 390 g/mol. The molecule has 0 spiro atoms. The van der Waals surface area contributed by atoms with Gasteiger partial charge in [-0.1, -0.05) is 30.4 Å². The Balaban J connectivity index is 1.35. The van der Waals surface area contributed by atoms with Crippen LogP contribution in [0.4, 0.5) is 0 Å². The zero-order valence-corrected chi connectivity index (χ0v) is 15.8. The van der Waals surface area contributed by atoms with E-state index < -0.39 is 30.2 Å². The number of amides is 4. The Morgan fingerprint density at radius 2 is 1.67 bits per heavy atom. The predicted octanol–water partition coefficient (Wildman–Crippen LogP) is 0.290. The van der Waals surface area contributed by atoms with Crippen molar-refractivity contribution >= 4 is 23.6 Å². The monoisotopic (exact) mass is 409 g/mol. The van der Waals surface area contributed by atoms with Crippen molar-refractivity contribution in [2.75, 3.05) is 6.54 Å². The van der Waals surface area contributed by atoms with E-state index in [1.165, 1.54) is 10.9 Å². The number of carbonyl (C=O) groups excluding carboxylic acids is 4. The van der Waals surface area contributed by atoms with E-state index in [1.54, 1.807) is 24.3 Å². The van der Waals surface area contributed by atoms with Crippen LogP contribution in [0.25, 0.3) is 5.69 Å². The van der Waals surface area contributed by atoms with Gasteiger partial charge in [0.15, 0.2) is 11.4 Å². The number of imide groups is 1. The maximum Gasteiger partial charge on any atom is 0.294 e. The molecule has 0 bridgehead atoms. The quantitative estimate of drug-likeness (QED) is 0.378. The molecule has 1 aliphatic carbocycles. The third kappa shape index (κ3) is 3.54. The highest BCUT2D eigenvalue weighted by atomic mass is 16.3. The van der Waals surface area contributed by atoms with Crippen molar-refractivity contribution in [3.8, 4) is 11.4 Å². The molecule has 10 heteroatoms. The van der Waals surface area contributed by atoms with Crippen LogP contribution in [0.2, 0.25) is 0 Å². The van der Waals surface area contributed by atoms with Gasteiger partial charge in [0.1, 0.15) is 6.54 Å². The van der Waals surface area contributed by atoms with E-state index in [0.29, 0.717) is 18.5 Å². The summed E-state index contributed by atoms with van der Waals surface area (Å²) in [6.45, 7) is -0.491. The Kier molecular flexibility index (Phi) is 5.05. The van der Waals surface area contributed by atoms with Gasteiger partial charge in [-0.05, 0) is 25.0 Å². The summed E-state index contributed by atoms with van der Waals surface area (Å²) in [7, 11) is 0. The first kappa shape index (κ1) is 19.4. The summed E-state index contributed by atoms with van der Waals surface area (Å²) in [5.74, 6) is -3.56. The number of para-hydroxylation sites is 1. The van der Waals surface area contributed by atoms with Gasteiger partial charge in [-0.3, -0.25) is 34.9 Å². The smallest absolute Gasteiger partial charge is 0.294 e. The number of aromatic nitrogens is 2. The molecule has 10 nitrogen and oxygen atoms in total. The molecule has 2 unspecified atom stereocenters. The number of aromatic hydroxyl groups is 1. The number of nitrogens with one attached hydrogen (secondary N) is 2. The van der Waals surface area contributed by atoms with E-state index >= 15 is 0 Å². The van der Waals surface area contributed by atoms with Gasteiger partial charge in [0.2, 0.25) is 11.8 Å². The predicted molar refractivity (Wildman–Crippen MR) is 103 cm³/mol. The average molecular weight is 409 g/mol. The highest BCUT2D eigenvalue weighted by Gasteiger charge is 2.47. The molecule has 0 radical (unpaired) electrons. The van der Waals surface area contributed by atoms with Gasteiger partial charge in [-0.25, -0.2) is 4.68 Å². The number of hydrogen-bond acceptors (Lipinski definition) is 6. The van der Waals surface area contributed by atoms with Crippen molar-refractivity contribution in [2.24, 2.45) is 11.8 Å². The number of carbonyl (C=O) groups is 4. The summed E-state index contributed by atoms with van der Waals surface area (Å²) in [5, 5.41) is 14.0. The van der Waals surface area contributed by atoms with E-state index in [4.69, 9.17) is 0 Å². The molecule has 4 amide bonds. The third-order valence-corrected chi connectivity index (χ3v) is 5.15. The summed E-state index contributed by atoms with van der Waals surface area (Å²) < 4.78 is 1.32. The molecule has 0 saturated carbocycles. The number of allylic oxidation sites excluding steroid dienone is 2. The summed E-state index contributed by atoms with van der Waals surface area (Å²) >= 11 is 0. The first-order valence-electron chi connectivity index (χ1n) is 9.39. The fraction of sp³-hybridized carbons (Fsp3) is 0.250. The number of likely N-dealkylation sites (tertiary alicyclic amines) is 1. The minimum absolute atomic E-state index is 0.287. The largest absolute Gasteiger partial charge is 0.504 e. The summed E-state index contributed by atoms with van der Waals surface area (Å²) in [5.41, 5.74) is 4.63. The van der Waals surface area contributed by atoms with Crippen LogP contribution in [-0.4, -0.2) is 50.0 Å². The summed E-state index contributed by atoms with van der Waals surface area (Å²) in [4.78, 5) is 50.1. The number of rotatable bonds is 4. The zero-order chi connectivity index (χ0) is 21.3. The Hall–Kier alpha value is -3.95. The first-order valence-corrected chi connectivity index (χ1v) is 9.39. The second-order valence-corrected chi connectivity index (χ2v) is 7.06. The van der Waals surface area contributed by atoms with Crippen LogP contribution in [0.5, 0.6) is 5.75 Å². The molecule has 2 aromatic rings. The standard InChI is InChI=1S/C20H19N5O5/c26-15-10-25(12-6-2-1-3-7-12)23-17(15)18(28)22-21-16(27)11-24-19(29)13-8-4-5-9-14(13)20(24)30/h1-7,10,13-14,26H,8-9,11H2,(H,21,27)(H,22,28). The summed E-state index contributed by atoms with van der Waals surface area (Å²) in [6, 6.07) is 8.86. The maximum atomic E-state index is 12.4. The number of fused-ring (bicyclic) bond motifs is 1. The molecular formula is C20H19N5O5. The van der Waals surface area contributed by atoms with Crippen molar-refractivity contribution in [3.05, 3.63) is 54.4 Å². The van der Waals surface area contributed by atoms with Crippen molar-refractivity contribution in [1.29, 1.82) is 0 Å². The van der Waals surface area contributed by atoms with Crippen molar-refractivity contribution in [2.45, 2.75) is 12.8 Å². The number of hydrogen-bond donors (Lipinski definition) is 3. The third-order valence-electron chi connectivity index (χ3n) is 5.15. The molecule has 2 atom stereocenters. The zero-order valence-electron chi connectivity index (χ0n) is 15.8. The Morgan fingerprint density at radius 1 is 1.03 bits per heavy atom. The number of nitrogens with zero attached hydrogens (tertiary/aromatic N) is 3. The fourth-order valence-electron chi connectivity index (χ4n) is 3.63. The van der Waals surface area contributed by atoms with E-state index in [0.717, 1.165) is 4.90 Å². The fourth-order valence-corrected chi connectivity index (χ4v) is 3.63. The second-order valence-electron chi connectivity index (χ2n) is 7.06. The van der Waals surface area contributed by atoms with Gasteiger partial charge in [0, 0.05) is 0 Å². The van der Waals surface area contributed by atoms with E-state index in [1.807, 2.05) is 18.2 Å². The molecule has 2 heterocycles. The van der Waals surface area contributed by atoms with E-state index in [9.17, 15) is 24.3 Å². The lowest BCUT2D eigenvalue weighted by atomic mass is 9.85. The Morgan fingerprint density at radius 3 is 2.30 bits per heavy atom. The lowest BCUT2D eigenvalue weighted by Gasteiger charge is -2.14. The van der Waals surface area contributed by atoms with Crippen molar-refractivity contribution < 1.29 is 24.3 Å². The average Bonchev–Trinajstić information content (AvgIpc) is 3.27. The highest BCUT2D eigenvalue weighted by molar-refractivity contribution is 6.07. The minimum Gasteiger partial charge on any atom is -0.504 e. The van der Waals surface area contributed by atoms with Crippen molar-refractivity contribution in [3.63, 3.8) is 0 Å². The van der Waals surface area contributed by atoms with Crippen LogP contribution < -0.4 is 10.9 Å². The van der Waals surface area contributed by atoms with E-state index in [-0.39, 0.29) is 23.3 Å². The topological polar surface area (TPSA) is 134 Å². The van der Waals surface area contributed by atoms with Crippen molar-refractivity contribution in [1.82, 2.24) is 25.5 Å². The number of benzene rings is 1. The van der Waals surface area contributed by atoms with Gasteiger partial charge >= 0.3 is 0 Å². The molecule has 1 fully saturated rings. The van der Waals surface area contributed by atoms with Gasteiger partial charge in [0.05, 0.1) is 23.7 Å². The van der Waals surface area contributed by atoms with Crippen LogP contribution >= 0.6 is 0 Å². The molecule has 3 N–H and O–H groups in total. The Bertz CT molecular complexity index is 1020. The molecule has 1 aliphatic heterocycles. The molecule has 1 aromatic heterocycles. The first-order chi connectivity index (χ1) is 14.5. The molecule has 154 valence electrons. The van der Waals surface area contributed by atoms with Gasteiger partial charge < -0.3 is 5.11 Å². The highest BCUT2D eigenvalue weighted by Crippen LogP contribution is 2.34. The van der Waals surface area contributed by atoms with Gasteiger partial charge in [0.25, 0.3) is 11.8 Å². The molecule has 1 aromatic carbocycles. The second kappa shape index (κ2) is 7.82. The SMILES string of the molecule is O=C(CN1C(=O)C2CC=CCC2C1=O)NNC(=O)c1nn(-c2ccccc2)cc1O. The summed E-state index contributed by atoms with van der Waals surface area (Å²) in [6.07, 6.45) is 5.94. The lowest BCUT2D eigenvalue weighted by Crippen LogP contribution is -2.48.